The minimum Gasteiger partial charge on any atom is -0.490 e. The van der Waals surface area contributed by atoms with Crippen LogP contribution in [0.4, 0.5) is 0 Å². The molecule has 1 aliphatic carbocycles. The quantitative estimate of drug-likeness (QED) is 0.906. The average molecular weight is 258 g/mol. The molecule has 0 aromatic heterocycles. The van der Waals surface area contributed by atoms with Crippen LogP contribution in [0.5, 0.6) is 5.75 Å². The highest BCUT2D eigenvalue weighted by Crippen LogP contribution is 2.28. The summed E-state index contributed by atoms with van der Waals surface area (Å²) in [5, 5.41) is 12.3. The van der Waals surface area contributed by atoms with Crippen LogP contribution < -0.4 is 10.1 Å². The Morgan fingerprint density at radius 1 is 1.16 bits per heavy atom. The molecule has 1 aliphatic rings. The number of benzene rings is 1. The van der Waals surface area contributed by atoms with Crippen LogP contribution in [0.1, 0.15) is 42.4 Å². The van der Waals surface area contributed by atoms with Crippen molar-refractivity contribution in [1.82, 2.24) is 5.32 Å². The lowest BCUT2D eigenvalue weighted by molar-refractivity contribution is 0.140. The Balaban J connectivity index is 2.05. The van der Waals surface area contributed by atoms with E-state index in [1.165, 1.54) is 12.8 Å². The SMILES string of the molecule is CNC1CCC(Oc2ccc(C#N)c(C)c2C)CC1. The Bertz CT molecular complexity index is 482. The topological polar surface area (TPSA) is 45.0 Å². The van der Waals surface area contributed by atoms with E-state index < -0.39 is 0 Å². The van der Waals surface area contributed by atoms with Gasteiger partial charge in [-0.3, -0.25) is 0 Å². The molecule has 0 atom stereocenters. The van der Waals surface area contributed by atoms with Crippen molar-refractivity contribution in [2.45, 2.75) is 51.7 Å². The number of nitrogens with zero attached hydrogens (tertiary/aromatic N) is 1. The summed E-state index contributed by atoms with van der Waals surface area (Å²) in [5.74, 6) is 0.935. The van der Waals surface area contributed by atoms with Crippen LogP contribution in [0, 0.1) is 25.2 Å². The molecule has 3 nitrogen and oxygen atoms in total. The Morgan fingerprint density at radius 3 is 2.42 bits per heavy atom. The second kappa shape index (κ2) is 6.08. The first-order valence-electron chi connectivity index (χ1n) is 7.00. The van der Waals surface area contributed by atoms with Gasteiger partial charge in [-0.15, -0.1) is 0 Å². The molecule has 1 fully saturated rings. The number of hydrogen-bond donors (Lipinski definition) is 1. The number of ether oxygens (including phenoxy) is 1. The van der Waals surface area contributed by atoms with Crippen LogP contribution in [-0.4, -0.2) is 19.2 Å². The fourth-order valence-electron chi connectivity index (χ4n) is 2.69. The third kappa shape index (κ3) is 3.08. The van der Waals surface area contributed by atoms with Gasteiger partial charge in [0.2, 0.25) is 0 Å². The Labute approximate surface area is 115 Å². The van der Waals surface area contributed by atoms with E-state index >= 15 is 0 Å². The highest BCUT2D eigenvalue weighted by atomic mass is 16.5. The summed E-state index contributed by atoms with van der Waals surface area (Å²) in [4.78, 5) is 0. The van der Waals surface area contributed by atoms with Gasteiger partial charge in [-0.2, -0.15) is 5.26 Å². The van der Waals surface area contributed by atoms with Gasteiger partial charge in [0.1, 0.15) is 5.75 Å². The predicted octanol–water partition coefficient (Wildman–Crippen LogP) is 3.08. The molecule has 0 radical (unpaired) electrons. The van der Waals surface area contributed by atoms with Crippen LogP contribution in [0.2, 0.25) is 0 Å². The second-order valence-electron chi connectivity index (χ2n) is 5.35. The van der Waals surface area contributed by atoms with E-state index in [0.29, 0.717) is 12.1 Å². The third-order valence-corrected chi connectivity index (χ3v) is 4.23. The summed E-state index contributed by atoms with van der Waals surface area (Å²) in [5.41, 5.74) is 2.86. The van der Waals surface area contributed by atoms with Gasteiger partial charge in [0.25, 0.3) is 0 Å². The van der Waals surface area contributed by atoms with Crippen molar-refractivity contribution in [2.24, 2.45) is 0 Å². The largest absolute Gasteiger partial charge is 0.490 e. The van der Waals surface area contributed by atoms with Gasteiger partial charge in [0, 0.05) is 6.04 Å². The summed E-state index contributed by atoms with van der Waals surface area (Å²) in [6.07, 6.45) is 4.87. The fourth-order valence-corrected chi connectivity index (χ4v) is 2.69. The lowest BCUT2D eigenvalue weighted by Crippen LogP contribution is -2.34. The predicted molar refractivity (Wildman–Crippen MR) is 76.4 cm³/mol. The zero-order valence-corrected chi connectivity index (χ0v) is 12.0. The summed E-state index contributed by atoms with van der Waals surface area (Å²) < 4.78 is 6.12. The smallest absolute Gasteiger partial charge is 0.122 e. The maximum absolute atomic E-state index is 9.01. The van der Waals surface area contributed by atoms with Gasteiger partial charge in [-0.05, 0) is 69.8 Å². The lowest BCUT2D eigenvalue weighted by Gasteiger charge is -2.29. The molecule has 1 aromatic rings. The molecule has 0 heterocycles. The van der Waals surface area contributed by atoms with Gasteiger partial charge in [-0.25, -0.2) is 0 Å². The Morgan fingerprint density at radius 2 is 1.84 bits per heavy atom. The van der Waals surface area contributed by atoms with Crippen LogP contribution in [0.3, 0.4) is 0 Å². The molecule has 0 saturated heterocycles. The number of rotatable bonds is 3. The van der Waals surface area contributed by atoms with Crippen molar-refractivity contribution in [1.29, 1.82) is 5.26 Å². The van der Waals surface area contributed by atoms with Crippen LogP contribution in [0.25, 0.3) is 0 Å². The normalized spacial score (nSPS) is 22.8. The summed E-state index contributed by atoms with van der Waals surface area (Å²) in [7, 11) is 2.03. The molecular weight excluding hydrogens is 236 g/mol. The van der Waals surface area contributed by atoms with E-state index in [1.807, 2.05) is 33.0 Å². The molecule has 0 amide bonds. The van der Waals surface area contributed by atoms with E-state index in [0.717, 1.165) is 35.3 Å². The third-order valence-electron chi connectivity index (χ3n) is 4.23. The van der Waals surface area contributed by atoms with Crippen LogP contribution >= 0.6 is 0 Å². The van der Waals surface area contributed by atoms with Crippen molar-refractivity contribution in [3.05, 3.63) is 28.8 Å². The lowest BCUT2D eigenvalue weighted by atomic mass is 9.93. The van der Waals surface area contributed by atoms with E-state index in [2.05, 4.69) is 11.4 Å². The van der Waals surface area contributed by atoms with Gasteiger partial charge in [0.05, 0.1) is 17.7 Å². The first-order valence-corrected chi connectivity index (χ1v) is 7.00. The minimum atomic E-state index is 0.315. The number of nitrogens with one attached hydrogen (secondary N) is 1. The maximum Gasteiger partial charge on any atom is 0.122 e. The number of nitriles is 1. The number of hydrogen-bond acceptors (Lipinski definition) is 3. The van der Waals surface area contributed by atoms with E-state index in [1.54, 1.807) is 0 Å². The molecule has 1 saturated carbocycles. The Kier molecular flexibility index (Phi) is 4.44. The van der Waals surface area contributed by atoms with Gasteiger partial charge in [-0.1, -0.05) is 0 Å². The van der Waals surface area contributed by atoms with Crippen LogP contribution in [-0.2, 0) is 0 Å². The molecule has 2 rings (SSSR count). The summed E-state index contributed by atoms with van der Waals surface area (Å²) >= 11 is 0. The van der Waals surface area contributed by atoms with Gasteiger partial charge >= 0.3 is 0 Å². The van der Waals surface area contributed by atoms with Crippen molar-refractivity contribution in [3.63, 3.8) is 0 Å². The van der Waals surface area contributed by atoms with E-state index in [4.69, 9.17) is 10.00 Å². The standard InChI is InChI=1S/C16H22N2O/c1-11-12(2)16(9-4-13(11)10-17)19-15-7-5-14(18-3)6-8-15/h4,9,14-15,18H,5-8H2,1-3H3. The molecule has 0 spiro atoms. The zero-order chi connectivity index (χ0) is 13.8. The minimum absolute atomic E-state index is 0.315. The highest BCUT2D eigenvalue weighted by Gasteiger charge is 2.22. The summed E-state index contributed by atoms with van der Waals surface area (Å²) in [6.45, 7) is 4.02. The molecule has 19 heavy (non-hydrogen) atoms. The van der Waals surface area contributed by atoms with Gasteiger partial charge < -0.3 is 10.1 Å². The van der Waals surface area contributed by atoms with Gasteiger partial charge in [0.15, 0.2) is 0 Å². The summed E-state index contributed by atoms with van der Waals surface area (Å²) in [6, 6.07) is 6.65. The molecule has 102 valence electrons. The first kappa shape index (κ1) is 13.9. The Hall–Kier alpha value is -1.53. The van der Waals surface area contributed by atoms with Crippen molar-refractivity contribution < 1.29 is 4.74 Å². The molecule has 0 unspecified atom stereocenters. The zero-order valence-electron chi connectivity index (χ0n) is 12.0. The van der Waals surface area contributed by atoms with Crippen LogP contribution in [0.15, 0.2) is 12.1 Å². The van der Waals surface area contributed by atoms with E-state index in [-0.39, 0.29) is 0 Å². The molecule has 1 aromatic carbocycles. The molecular formula is C16H22N2O. The molecule has 0 aliphatic heterocycles. The van der Waals surface area contributed by atoms with Crippen molar-refractivity contribution >= 4 is 0 Å². The molecule has 3 heteroatoms. The monoisotopic (exact) mass is 258 g/mol. The van der Waals surface area contributed by atoms with E-state index in [9.17, 15) is 0 Å². The highest BCUT2D eigenvalue weighted by molar-refractivity contribution is 5.48. The fraction of sp³-hybridized carbons (Fsp3) is 0.562. The molecule has 1 N–H and O–H groups in total. The molecule has 0 bridgehead atoms. The van der Waals surface area contributed by atoms with Crippen molar-refractivity contribution in [3.8, 4) is 11.8 Å². The first-order chi connectivity index (χ1) is 9.15. The second-order valence-corrected chi connectivity index (χ2v) is 5.35. The maximum atomic E-state index is 9.01. The van der Waals surface area contributed by atoms with Crippen molar-refractivity contribution in [2.75, 3.05) is 7.05 Å². The average Bonchev–Trinajstić information content (AvgIpc) is 2.45.